The predicted octanol–water partition coefficient (Wildman–Crippen LogP) is 10.4. The molecular weight excluding hydrogens is 1160 g/mol. The number of hydrogen-bond donors (Lipinski definition) is 0. The number of allylic oxidation sites excluding steroid dienone is 12. The number of rotatable bonds is 21. The quantitative estimate of drug-likeness (QED) is 0.0497. The molecule has 0 heterocycles. The molecule has 0 aliphatic rings. The fourth-order valence-electron chi connectivity index (χ4n) is 7.79. The molecule has 0 radical (unpaired) electrons. The van der Waals surface area contributed by atoms with Gasteiger partial charge in [0.15, 0.2) is 0 Å². The molecule has 0 nitrogen and oxygen atoms in total. The van der Waals surface area contributed by atoms with Crippen LogP contribution in [0.2, 0.25) is 0 Å². The first-order valence-electron chi connectivity index (χ1n) is 22.9. The van der Waals surface area contributed by atoms with Crippen LogP contribution < -0.4 is 31.6 Å². The predicted molar refractivity (Wildman–Crippen MR) is 314 cm³/mol. The average molecular weight is 1220 g/mol. The number of benzene rings is 7. The van der Waals surface area contributed by atoms with E-state index in [1.54, 1.807) is 0 Å². The third-order valence-electron chi connectivity index (χ3n) is 11.1. The Morgan fingerprint density at radius 1 is 0.203 bits per heavy atom. The fraction of sp³-hybridized carbons (Fsp3) is 0. The van der Waals surface area contributed by atoms with Crippen molar-refractivity contribution in [1.82, 2.24) is 0 Å². The van der Waals surface area contributed by atoms with E-state index in [1.165, 1.54) is 65.0 Å². The first-order valence-corrected chi connectivity index (χ1v) is 34.3. The maximum absolute atomic E-state index is 3.92. The van der Waals surface area contributed by atoms with Gasteiger partial charge in [-0.15, -0.1) is 0 Å². The van der Waals surface area contributed by atoms with E-state index in [0.29, 0.717) is 0 Å². The summed E-state index contributed by atoms with van der Waals surface area (Å²) in [7, 11) is 0. The van der Waals surface area contributed by atoms with E-state index in [2.05, 4.69) is 240 Å². The standard InChI is InChI=1S/6C10H9.C6H3.3Sb/c6*1-2-3-7-10-8-5-4-6-9-10;1-2-4-6-5-3-1;;;/h6*2-3,5-9H,1H2;1,4-5H;;;. The second-order valence-corrected chi connectivity index (χ2v) is 34.8. The number of hydrogen-bond acceptors (Lipinski definition) is 0. The first-order chi connectivity index (χ1) is 33.9. The van der Waals surface area contributed by atoms with E-state index < -0.39 is 60.6 Å². The van der Waals surface area contributed by atoms with Gasteiger partial charge in [0.05, 0.1) is 0 Å². The van der Waals surface area contributed by atoms with Crippen molar-refractivity contribution in [2.24, 2.45) is 0 Å². The zero-order chi connectivity index (χ0) is 48.2. The van der Waals surface area contributed by atoms with Gasteiger partial charge in [-0.1, -0.05) is 0 Å². The summed E-state index contributed by atoms with van der Waals surface area (Å²) in [6.07, 6.45) is 35.8. The average Bonchev–Trinajstić information content (AvgIpc) is 3.39. The summed E-state index contributed by atoms with van der Waals surface area (Å²) < 4.78 is 13.0. The second kappa shape index (κ2) is 26.6. The monoisotopic (exact) mass is 1210 g/mol. The van der Waals surface area contributed by atoms with Crippen molar-refractivity contribution < 1.29 is 0 Å². The van der Waals surface area contributed by atoms with Crippen LogP contribution in [0.15, 0.2) is 276 Å². The Morgan fingerprint density at radius 3 is 0.478 bits per heavy atom. The molecule has 3 heteroatoms. The molecule has 0 fully saturated rings. The van der Waals surface area contributed by atoms with Crippen LogP contribution in [0.3, 0.4) is 0 Å². The van der Waals surface area contributed by atoms with E-state index in [9.17, 15) is 0 Å². The van der Waals surface area contributed by atoms with E-state index in [4.69, 9.17) is 0 Å². The summed E-state index contributed by atoms with van der Waals surface area (Å²) >= 11 is -8.31. The molecule has 0 atom stereocenters. The maximum atomic E-state index is 3.92. The van der Waals surface area contributed by atoms with Crippen molar-refractivity contribution >= 4 is 129 Å². The molecule has 0 aliphatic heterocycles. The van der Waals surface area contributed by atoms with Crippen LogP contribution in [0.5, 0.6) is 0 Å². The van der Waals surface area contributed by atoms with Crippen molar-refractivity contribution in [1.29, 1.82) is 0 Å². The fourth-order valence-corrected chi connectivity index (χ4v) is 30.4. The molecule has 0 saturated heterocycles. The molecule has 0 bridgehead atoms. The van der Waals surface area contributed by atoms with Gasteiger partial charge in [-0.05, 0) is 0 Å². The van der Waals surface area contributed by atoms with Gasteiger partial charge in [-0.2, -0.15) is 0 Å². The molecule has 0 saturated carbocycles. The summed E-state index contributed by atoms with van der Waals surface area (Å²) in [5.74, 6) is 0. The van der Waals surface area contributed by atoms with E-state index >= 15 is 0 Å². The SMILES string of the molecule is C=CC=Cc1cc[c]([Sb]([c]2ccc(C=CC=C)cc2)[c]2c[c]([Sb]([c]3ccc(C=CC=C)cc3)[c]3ccc(C=CC=C)cc3)c[c]([Sb]([c]3ccc(C=CC=C)cc3)[c]3ccc(C=CC=C)cc3)c2)cc1. The first kappa shape index (κ1) is 50.7. The molecule has 0 unspecified atom stereocenters. The summed E-state index contributed by atoms with van der Waals surface area (Å²) in [4.78, 5) is 0. The van der Waals surface area contributed by atoms with Gasteiger partial charge in [0.2, 0.25) is 0 Å². The topological polar surface area (TPSA) is 0 Å². The van der Waals surface area contributed by atoms with Crippen LogP contribution in [0.4, 0.5) is 0 Å². The molecule has 69 heavy (non-hydrogen) atoms. The molecular formula is C66H57Sb3. The Hall–Kier alpha value is -6.13. The van der Waals surface area contributed by atoms with Crippen LogP contribution in [-0.2, 0) is 0 Å². The zero-order valence-corrected chi connectivity index (χ0v) is 46.7. The van der Waals surface area contributed by atoms with Gasteiger partial charge in [-0.25, -0.2) is 0 Å². The van der Waals surface area contributed by atoms with Gasteiger partial charge in [0.25, 0.3) is 0 Å². The van der Waals surface area contributed by atoms with Crippen molar-refractivity contribution in [2.45, 2.75) is 0 Å². The summed E-state index contributed by atoms with van der Waals surface area (Å²) in [6.45, 7) is 23.5. The van der Waals surface area contributed by atoms with Crippen molar-refractivity contribution in [3.63, 3.8) is 0 Å². The molecule has 0 amide bonds. The third kappa shape index (κ3) is 14.0. The third-order valence-corrected chi connectivity index (χ3v) is 31.7. The van der Waals surface area contributed by atoms with E-state index in [-0.39, 0.29) is 0 Å². The molecule has 7 aromatic carbocycles. The molecule has 0 N–H and O–H groups in total. The van der Waals surface area contributed by atoms with Crippen LogP contribution >= 0.6 is 0 Å². The van der Waals surface area contributed by atoms with E-state index in [0.717, 1.165) is 0 Å². The minimum atomic E-state index is -2.77. The summed E-state index contributed by atoms with van der Waals surface area (Å²) in [5, 5.41) is 0. The van der Waals surface area contributed by atoms with Crippen LogP contribution in [0.1, 0.15) is 33.4 Å². The molecule has 0 aromatic heterocycles. The molecule has 0 aliphatic carbocycles. The Labute approximate surface area is 433 Å². The molecule has 7 aromatic rings. The zero-order valence-electron chi connectivity index (χ0n) is 39.1. The van der Waals surface area contributed by atoms with Gasteiger partial charge in [-0.3, -0.25) is 0 Å². The van der Waals surface area contributed by atoms with Gasteiger partial charge < -0.3 is 0 Å². The summed E-state index contributed by atoms with van der Waals surface area (Å²) in [5.41, 5.74) is 6.99. The molecule has 336 valence electrons. The minimum absolute atomic E-state index is 1.17. The normalized spacial score (nSPS) is 11.9. The second-order valence-electron chi connectivity index (χ2n) is 15.8. The Bertz CT molecular complexity index is 2510. The van der Waals surface area contributed by atoms with Crippen molar-refractivity contribution in [3.8, 4) is 0 Å². The van der Waals surface area contributed by atoms with E-state index in [1.807, 2.05) is 72.9 Å². The van der Waals surface area contributed by atoms with Crippen molar-refractivity contribution in [2.75, 3.05) is 0 Å². The Morgan fingerprint density at radius 2 is 0.348 bits per heavy atom. The summed E-state index contributed by atoms with van der Waals surface area (Å²) in [6, 6.07) is 63.8. The molecule has 7 rings (SSSR count). The van der Waals surface area contributed by atoms with Crippen LogP contribution in [0.25, 0.3) is 36.5 Å². The van der Waals surface area contributed by atoms with Crippen molar-refractivity contribution in [3.05, 3.63) is 310 Å². The Kier molecular flexibility index (Phi) is 19.5. The van der Waals surface area contributed by atoms with Gasteiger partial charge in [0, 0.05) is 0 Å². The van der Waals surface area contributed by atoms with Gasteiger partial charge in [0.1, 0.15) is 0 Å². The molecule has 0 spiro atoms. The van der Waals surface area contributed by atoms with Crippen LogP contribution in [0, 0.1) is 0 Å². The van der Waals surface area contributed by atoms with Gasteiger partial charge >= 0.3 is 438 Å². The van der Waals surface area contributed by atoms with Crippen LogP contribution in [-0.4, -0.2) is 60.6 Å². The Balaban J connectivity index is 1.54.